The molecule has 1 heterocycles. The van der Waals surface area contributed by atoms with Crippen LogP contribution in [0.1, 0.15) is 5.56 Å². The van der Waals surface area contributed by atoms with E-state index in [4.69, 9.17) is 4.42 Å². The molecule has 0 aliphatic heterocycles. The lowest BCUT2D eigenvalue weighted by molar-refractivity contribution is -0.662. The third kappa shape index (κ3) is 5.19. The fraction of sp³-hybridized carbons (Fsp3) is 0.0741. The highest BCUT2D eigenvalue weighted by atomic mass is 32.2. The summed E-state index contributed by atoms with van der Waals surface area (Å²) in [5.74, 6) is 1.75. The third-order valence-corrected chi connectivity index (χ3v) is 6.08. The molecule has 0 saturated carbocycles. The van der Waals surface area contributed by atoms with Gasteiger partial charge in [0.1, 0.15) is 17.2 Å². The van der Waals surface area contributed by atoms with Crippen molar-refractivity contribution >= 4 is 20.9 Å². The summed E-state index contributed by atoms with van der Waals surface area (Å²) >= 11 is 0. The molecule has 0 unspecified atom stereocenters. The number of benzene rings is 4. The average Bonchev–Trinajstić information content (AvgIpc) is 3.21. The van der Waals surface area contributed by atoms with Crippen LogP contribution >= 0.6 is 0 Å². The maximum Gasteiger partial charge on any atom is 0.381 e. The Labute approximate surface area is 193 Å². The highest BCUT2D eigenvalue weighted by molar-refractivity contribution is 7.85. The number of hydrogen-bond acceptors (Lipinski definition) is 4. The molecular formula is C27H23NO4S. The zero-order chi connectivity index (χ0) is 23.4. The van der Waals surface area contributed by atoms with Crippen LogP contribution in [0.25, 0.3) is 33.6 Å². The van der Waals surface area contributed by atoms with E-state index in [-0.39, 0.29) is 4.90 Å². The third-order valence-electron chi connectivity index (χ3n) is 5.23. The number of hydrogen-bond donors (Lipinski definition) is 0. The van der Waals surface area contributed by atoms with Gasteiger partial charge >= 0.3 is 5.89 Å². The van der Waals surface area contributed by atoms with E-state index >= 15 is 0 Å². The van der Waals surface area contributed by atoms with E-state index in [1.807, 2.05) is 42.9 Å². The summed E-state index contributed by atoms with van der Waals surface area (Å²) in [6.45, 7) is 1.82. The predicted octanol–water partition coefficient (Wildman–Crippen LogP) is 5.49. The van der Waals surface area contributed by atoms with Gasteiger partial charge in [0.05, 0.1) is 10.5 Å². The Kier molecular flexibility index (Phi) is 6.40. The number of nitrogens with zero attached hydrogens (tertiary/aromatic N) is 1. The van der Waals surface area contributed by atoms with E-state index in [2.05, 4.69) is 54.6 Å². The van der Waals surface area contributed by atoms with Crippen molar-refractivity contribution in [2.45, 2.75) is 11.8 Å². The van der Waals surface area contributed by atoms with E-state index in [0.717, 1.165) is 28.3 Å². The minimum atomic E-state index is -4.27. The molecule has 33 heavy (non-hydrogen) atoms. The Hall–Kier alpha value is -3.74. The largest absolute Gasteiger partial charge is 0.744 e. The number of fused-ring (bicyclic) bond motifs is 1. The molecule has 0 atom stereocenters. The van der Waals surface area contributed by atoms with E-state index in [1.54, 1.807) is 12.1 Å². The van der Waals surface area contributed by atoms with Gasteiger partial charge in [-0.05, 0) is 35.9 Å². The molecule has 0 N–H and O–H groups in total. The molecule has 0 radical (unpaired) electrons. The van der Waals surface area contributed by atoms with Gasteiger partial charge in [0.2, 0.25) is 12.0 Å². The maximum absolute atomic E-state index is 10.4. The first-order valence-corrected chi connectivity index (χ1v) is 11.8. The van der Waals surface area contributed by atoms with Gasteiger partial charge in [0.25, 0.3) is 0 Å². The number of aromatic nitrogens is 1. The van der Waals surface area contributed by atoms with Crippen LogP contribution in [0.5, 0.6) is 0 Å². The van der Waals surface area contributed by atoms with E-state index < -0.39 is 10.1 Å². The lowest BCUT2D eigenvalue weighted by atomic mass is 10.0. The number of aryl methyl sites for hydroxylation is 2. The summed E-state index contributed by atoms with van der Waals surface area (Å²) in [6, 6.07) is 30.6. The van der Waals surface area contributed by atoms with Gasteiger partial charge in [-0.3, -0.25) is 0 Å². The van der Waals surface area contributed by atoms with E-state index in [9.17, 15) is 13.0 Å². The van der Waals surface area contributed by atoms with Crippen molar-refractivity contribution in [3.63, 3.8) is 0 Å². The van der Waals surface area contributed by atoms with E-state index in [1.165, 1.54) is 22.9 Å². The van der Waals surface area contributed by atoms with Gasteiger partial charge in [-0.25, -0.2) is 8.42 Å². The topological polar surface area (TPSA) is 74.2 Å². The summed E-state index contributed by atoms with van der Waals surface area (Å²) in [7, 11) is -2.25. The van der Waals surface area contributed by atoms with Crippen molar-refractivity contribution in [3.8, 4) is 22.8 Å². The highest BCUT2D eigenvalue weighted by Gasteiger charge is 2.20. The SMILES string of the molecule is C[n+]1cc(-c2ccccc2)oc1-c1cccc2ccccc12.Cc1ccc(S(=O)(=O)[O-])cc1. The molecule has 4 aromatic carbocycles. The lowest BCUT2D eigenvalue weighted by Crippen LogP contribution is -2.27. The minimum Gasteiger partial charge on any atom is -0.744 e. The van der Waals surface area contributed by atoms with Crippen LogP contribution in [0, 0.1) is 6.92 Å². The molecule has 5 rings (SSSR count). The quantitative estimate of drug-likeness (QED) is 0.265. The van der Waals surface area contributed by atoms with Crippen LogP contribution in [0.4, 0.5) is 0 Å². The minimum absolute atomic E-state index is 0.178. The summed E-state index contributed by atoms with van der Waals surface area (Å²) in [5.41, 5.74) is 3.13. The van der Waals surface area contributed by atoms with Crippen molar-refractivity contribution < 1.29 is 22.0 Å². The van der Waals surface area contributed by atoms with Crippen LogP contribution in [0.3, 0.4) is 0 Å². The van der Waals surface area contributed by atoms with Gasteiger partial charge < -0.3 is 8.97 Å². The normalized spacial score (nSPS) is 11.1. The smallest absolute Gasteiger partial charge is 0.381 e. The molecular weight excluding hydrogens is 434 g/mol. The monoisotopic (exact) mass is 457 g/mol. The zero-order valence-corrected chi connectivity index (χ0v) is 19.1. The second-order valence-corrected chi connectivity index (χ2v) is 9.05. The molecule has 166 valence electrons. The second kappa shape index (κ2) is 9.40. The summed E-state index contributed by atoms with van der Waals surface area (Å²) in [6.07, 6.45) is 2.03. The van der Waals surface area contributed by atoms with Crippen LogP contribution in [-0.2, 0) is 17.2 Å². The predicted molar refractivity (Wildman–Crippen MR) is 127 cm³/mol. The molecule has 0 bridgehead atoms. The van der Waals surface area contributed by atoms with Crippen molar-refractivity contribution in [2.24, 2.45) is 7.05 Å². The Morgan fingerprint density at radius 2 is 1.42 bits per heavy atom. The standard InChI is InChI=1S/C20H16NO.C7H8O3S/c1-21-14-19(16-9-3-2-4-10-16)22-20(21)18-13-7-11-15-8-5-6-12-17(15)18;1-6-2-4-7(5-3-6)11(8,9)10/h2-14H,1H3;2-5H,1H3,(H,8,9,10)/q+1;/p-1. The first-order valence-electron chi connectivity index (χ1n) is 10.4. The molecule has 1 aromatic heterocycles. The van der Waals surface area contributed by atoms with Crippen molar-refractivity contribution in [3.05, 3.63) is 109 Å². The Morgan fingerprint density at radius 1 is 0.788 bits per heavy atom. The molecule has 0 saturated heterocycles. The van der Waals surface area contributed by atoms with Crippen LogP contribution in [-0.4, -0.2) is 13.0 Å². The molecule has 0 amide bonds. The van der Waals surface area contributed by atoms with Gasteiger partial charge in [-0.15, -0.1) is 0 Å². The van der Waals surface area contributed by atoms with Crippen LogP contribution < -0.4 is 4.57 Å². The highest BCUT2D eigenvalue weighted by Crippen LogP contribution is 2.29. The molecule has 5 aromatic rings. The fourth-order valence-corrected chi connectivity index (χ4v) is 4.00. The lowest BCUT2D eigenvalue weighted by Gasteiger charge is -2.05. The Bertz CT molecular complexity index is 1480. The zero-order valence-electron chi connectivity index (χ0n) is 18.3. The molecule has 5 nitrogen and oxygen atoms in total. The molecule has 0 spiro atoms. The van der Waals surface area contributed by atoms with Gasteiger partial charge in [-0.2, -0.15) is 4.57 Å². The van der Waals surface area contributed by atoms with Crippen molar-refractivity contribution in [2.75, 3.05) is 0 Å². The Balaban J connectivity index is 0.000000200. The average molecular weight is 458 g/mol. The van der Waals surface area contributed by atoms with Gasteiger partial charge in [-0.1, -0.05) is 84.4 Å². The maximum atomic E-state index is 10.4. The molecule has 6 heteroatoms. The molecule has 0 aliphatic carbocycles. The first kappa shape index (κ1) is 22.5. The van der Waals surface area contributed by atoms with Crippen LogP contribution in [0.2, 0.25) is 0 Å². The van der Waals surface area contributed by atoms with E-state index in [0.29, 0.717) is 0 Å². The van der Waals surface area contributed by atoms with Crippen molar-refractivity contribution in [1.82, 2.24) is 0 Å². The summed E-state index contributed by atoms with van der Waals surface area (Å²) in [5, 5.41) is 2.42. The van der Waals surface area contributed by atoms with Gasteiger partial charge in [0.15, 0.2) is 0 Å². The van der Waals surface area contributed by atoms with Crippen LogP contribution in [0.15, 0.2) is 113 Å². The number of rotatable bonds is 3. The first-order chi connectivity index (χ1) is 15.8. The molecule has 0 aliphatic rings. The second-order valence-electron chi connectivity index (χ2n) is 7.67. The van der Waals surface area contributed by atoms with Gasteiger partial charge in [0, 0.05) is 5.56 Å². The van der Waals surface area contributed by atoms with Crippen molar-refractivity contribution in [1.29, 1.82) is 0 Å². The summed E-state index contributed by atoms with van der Waals surface area (Å²) < 4.78 is 39.4. The fourth-order valence-electron chi connectivity index (χ4n) is 3.53. The summed E-state index contributed by atoms with van der Waals surface area (Å²) in [4.78, 5) is -0.178. The molecule has 0 fully saturated rings. The Morgan fingerprint density at radius 3 is 2.12 bits per heavy atom. The number of oxazole rings is 1.